The summed E-state index contributed by atoms with van der Waals surface area (Å²) >= 11 is 0. The van der Waals surface area contributed by atoms with Crippen molar-refractivity contribution in [2.24, 2.45) is 0 Å². The van der Waals surface area contributed by atoms with Crippen molar-refractivity contribution in [3.8, 4) is 11.5 Å². The first kappa shape index (κ1) is 17.8. The van der Waals surface area contributed by atoms with Crippen molar-refractivity contribution in [2.75, 3.05) is 34.4 Å². The first-order chi connectivity index (χ1) is 10.0. The Morgan fingerprint density at radius 2 is 1.90 bits per heavy atom. The molecule has 0 bridgehead atoms. The van der Waals surface area contributed by atoms with Gasteiger partial charge < -0.3 is 19.7 Å². The highest BCUT2D eigenvalue weighted by Crippen LogP contribution is 2.29. The quantitative estimate of drug-likeness (QED) is 0.759. The number of hydrogen-bond acceptors (Lipinski definition) is 4. The molecule has 0 spiro atoms. The minimum atomic E-state index is 0.246. The van der Waals surface area contributed by atoms with Gasteiger partial charge in [0.05, 0.1) is 14.2 Å². The molecular formula is C17H30N2O2. The molecule has 4 nitrogen and oxygen atoms in total. The van der Waals surface area contributed by atoms with Gasteiger partial charge in [0.2, 0.25) is 0 Å². The fraction of sp³-hybridized carbons (Fsp3) is 0.647. The van der Waals surface area contributed by atoms with E-state index in [4.69, 9.17) is 9.47 Å². The minimum absolute atomic E-state index is 0.246. The maximum Gasteiger partial charge on any atom is 0.127 e. The van der Waals surface area contributed by atoms with Crippen LogP contribution < -0.4 is 14.8 Å². The Balaban J connectivity index is 2.57. The van der Waals surface area contributed by atoms with Crippen LogP contribution in [0.4, 0.5) is 0 Å². The fourth-order valence-electron chi connectivity index (χ4n) is 2.28. The van der Waals surface area contributed by atoms with Gasteiger partial charge in [-0.3, -0.25) is 0 Å². The topological polar surface area (TPSA) is 33.7 Å². The molecule has 0 fully saturated rings. The van der Waals surface area contributed by atoms with Gasteiger partial charge >= 0.3 is 0 Å². The zero-order valence-electron chi connectivity index (χ0n) is 14.3. The average molecular weight is 294 g/mol. The van der Waals surface area contributed by atoms with Gasteiger partial charge in [0.1, 0.15) is 11.5 Å². The van der Waals surface area contributed by atoms with Gasteiger partial charge in [0.15, 0.2) is 0 Å². The maximum absolute atomic E-state index is 5.46. The van der Waals surface area contributed by atoms with E-state index in [-0.39, 0.29) is 6.04 Å². The van der Waals surface area contributed by atoms with Crippen LogP contribution in [0.5, 0.6) is 11.5 Å². The Morgan fingerprint density at radius 3 is 2.48 bits per heavy atom. The Morgan fingerprint density at radius 1 is 1.19 bits per heavy atom. The predicted octanol–water partition coefficient (Wildman–Crippen LogP) is 3.08. The van der Waals surface area contributed by atoms with Gasteiger partial charge in [0, 0.05) is 36.8 Å². The summed E-state index contributed by atoms with van der Waals surface area (Å²) < 4.78 is 10.7. The Labute approximate surface area is 129 Å². The van der Waals surface area contributed by atoms with Crippen LogP contribution >= 0.6 is 0 Å². The SMILES string of the molecule is CCC(C)N(C)CCNC(C)c1ccc(OC)cc1OC. The monoisotopic (exact) mass is 294 g/mol. The first-order valence-corrected chi connectivity index (χ1v) is 7.69. The third kappa shape index (κ3) is 5.21. The maximum atomic E-state index is 5.46. The largest absolute Gasteiger partial charge is 0.497 e. The lowest BCUT2D eigenvalue weighted by atomic mass is 10.1. The molecule has 0 heterocycles. The lowest BCUT2D eigenvalue weighted by Gasteiger charge is -2.25. The van der Waals surface area contributed by atoms with Crippen molar-refractivity contribution in [2.45, 2.75) is 39.3 Å². The summed E-state index contributed by atoms with van der Waals surface area (Å²) in [5, 5.41) is 3.56. The lowest BCUT2D eigenvalue weighted by Crippen LogP contribution is -2.35. The number of rotatable bonds is 9. The Bertz CT molecular complexity index is 423. The molecule has 1 aromatic carbocycles. The molecule has 0 amide bonds. The van der Waals surface area contributed by atoms with E-state index in [1.54, 1.807) is 14.2 Å². The zero-order chi connectivity index (χ0) is 15.8. The molecule has 2 unspecified atom stereocenters. The Kier molecular flexibility index (Phi) is 7.54. The molecule has 0 aliphatic heterocycles. The van der Waals surface area contributed by atoms with Crippen LogP contribution in [0.25, 0.3) is 0 Å². The van der Waals surface area contributed by atoms with Crippen molar-refractivity contribution in [1.82, 2.24) is 10.2 Å². The van der Waals surface area contributed by atoms with Crippen LogP contribution in [0.3, 0.4) is 0 Å². The molecule has 0 radical (unpaired) electrons. The lowest BCUT2D eigenvalue weighted by molar-refractivity contribution is 0.249. The average Bonchev–Trinajstić information content (AvgIpc) is 2.52. The van der Waals surface area contributed by atoms with E-state index in [0.717, 1.165) is 30.2 Å². The standard InChI is InChI=1S/C17H30N2O2/c1-7-13(2)19(4)11-10-18-14(3)16-9-8-15(20-5)12-17(16)21-6/h8-9,12-14,18H,7,10-11H2,1-6H3. The van der Waals surface area contributed by atoms with Crippen molar-refractivity contribution in [1.29, 1.82) is 0 Å². The molecule has 2 atom stereocenters. The highest BCUT2D eigenvalue weighted by Gasteiger charge is 2.13. The van der Waals surface area contributed by atoms with Crippen LogP contribution in [-0.2, 0) is 0 Å². The van der Waals surface area contributed by atoms with Gasteiger partial charge in [-0.1, -0.05) is 13.0 Å². The number of hydrogen-bond donors (Lipinski definition) is 1. The molecule has 4 heteroatoms. The molecule has 0 aromatic heterocycles. The molecule has 1 aromatic rings. The molecule has 0 aliphatic rings. The van der Waals surface area contributed by atoms with Gasteiger partial charge in [-0.2, -0.15) is 0 Å². The van der Waals surface area contributed by atoms with E-state index < -0.39 is 0 Å². The second kappa shape index (κ2) is 8.90. The highest BCUT2D eigenvalue weighted by molar-refractivity contribution is 5.42. The summed E-state index contributed by atoms with van der Waals surface area (Å²) in [6, 6.07) is 6.84. The molecule has 1 N–H and O–H groups in total. The van der Waals surface area contributed by atoms with Crippen LogP contribution in [0, 0.1) is 0 Å². The number of ether oxygens (including phenoxy) is 2. The van der Waals surface area contributed by atoms with Crippen molar-refractivity contribution < 1.29 is 9.47 Å². The number of benzene rings is 1. The molecule has 0 saturated carbocycles. The normalized spacial score (nSPS) is 14.0. The second-order valence-electron chi connectivity index (χ2n) is 5.52. The van der Waals surface area contributed by atoms with Gasteiger partial charge in [-0.05, 0) is 33.4 Å². The van der Waals surface area contributed by atoms with E-state index >= 15 is 0 Å². The van der Waals surface area contributed by atoms with Crippen LogP contribution in [0.2, 0.25) is 0 Å². The summed E-state index contributed by atoms with van der Waals surface area (Å²) in [6.45, 7) is 8.64. The van der Waals surface area contributed by atoms with Gasteiger partial charge in [0.25, 0.3) is 0 Å². The van der Waals surface area contributed by atoms with Crippen LogP contribution in [0.1, 0.15) is 38.8 Å². The smallest absolute Gasteiger partial charge is 0.127 e. The van der Waals surface area contributed by atoms with Crippen molar-refractivity contribution in [3.63, 3.8) is 0 Å². The van der Waals surface area contributed by atoms with Crippen molar-refractivity contribution in [3.05, 3.63) is 23.8 Å². The Hall–Kier alpha value is -1.26. The van der Waals surface area contributed by atoms with E-state index in [1.165, 1.54) is 6.42 Å². The summed E-state index contributed by atoms with van der Waals surface area (Å²) in [7, 11) is 5.54. The van der Waals surface area contributed by atoms with Gasteiger partial charge in [-0.25, -0.2) is 0 Å². The van der Waals surface area contributed by atoms with E-state index in [2.05, 4.69) is 44.1 Å². The van der Waals surface area contributed by atoms with E-state index in [9.17, 15) is 0 Å². The number of methoxy groups -OCH3 is 2. The van der Waals surface area contributed by atoms with Crippen LogP contribution in [-0.4, -0.2) is 45.3 Å². The molecule has 1 rings (SSSR count). The molecular weight excluding hydrogens is 264 g/mol. The second-order valence-corrected chi connectivity index (χ2v) is 5.52. The summed E-state index contributed by atoms with van der Waals surface area (Å²) in [5.74, 6) is 1.68. The van der Waals surface area contributed by atoms with E-state index in [1.807, 2.05) is 12.1 Å². The number of nitrogens with one attached hydrogen (secondary N) is 1. The molecule has 0 saturated heterocycles. The number of nitrogens with zero attached hydrogens (tertiary/aromatic N) is 1. The minimum Gasteiger partial charge on any atom is -0.497 e. The third-order valence-electron chi connectivity index (χ3n) is 4.17. The fourth-order valence-corrected chi connectivity index (χ4v) is 2.28. The third-order valence-corrected chi connectivity index (χ3v) is 4.17. The molecule has 0 aliphatic carbocycles. The van der Waals surface area contributed by atoms with E-state index in [0.29, 0.717) is 6.04 Å². The summed E-state index contributed by atoms with van der Waals surface area (Å²) in [5.41, 5.74) is 1.16. The zero-order valence-corrected chi connectivity index (χ0v) is 14.3. The summed E-state index contributed by atoms with van der Waals surface area (Å²) in [4.78, 5) is 2.38. The van der Waals surface area contributed by atoms with Crippen LogP contribution in [0.15, 0.2) is 18.2 Å². The number of likely N-dealkylation sites (N-methyl/N-ethyl adjacent to an activating group) is 1. The highest BCUT2D eigenvalue weighted by atomic mass is 16.5. The first-order valence-electron chi connectivity index (χ1n) is 7.69. The predicted molar refractivity (Wildman–Crippen MR) is 88.3 cm³/mol. The molecule has 120 valence electrons. The molecule has 21 heavy (non-hydrogen) atoms. The van der Waals surface area contributed by atoms with Gasteiger partial charge in [-0.15, -0.1) is 0 Å². The summed E-state index contributed by atoms with van der Waals surface area (Å²) in [6.07, 6.45) is 1.18. The van der Waals surface area contributed by atoms with Crippen molar-refractivity contribution >= 4 is 0 Å².